The van der Waals surface area contributed by atoms with E-state index < -0.39 is 0 Å². The number of halogens is 1. The van der Waals surface area contributed by atoms with Crippen LogP contribution in [0.4, 0.5) is 10.1 Å². The minimum Gasteiger partial charge on any atom is -0.493 e. The van der Waals surface area contributed by atoms with Gasteiger partial charge in [-0.25, -0.2) is 4.39 Å². The molecule has 1 heterocycles. The van der Waals surface area contributed by atoms with Crippen LogP contribution >= 0.6 is 0 Å². The maximum atomic E-state index is 13.9. The lowest BCUT2D eigenvalue weighted by molar-refractivity contribution is -0.122. The summed E-state index contributed by atoms with van der Waals surface area (Å²) in [6.07, 6.45) is 0. The Morgan fingerprint density at radius 1 is 1.04 bits per heavy atom. The zero-order chi connectivity index (χ0) is 19.9. The fourth-order valence-corrected chi connectivity index (χ4v) is 3.31. The highest BCUT2D eigenvalue weighted by Gasteiger charge is 2.20. The van der Waals surface area contributed by atoms with E-state index in [-0.39, 0.29) is 11.7 Å². The van der Waals surface area contributed by atoms with E-state index in [1.54, 1.807) is 26.4 Å². The van der Waals surface area contributed by atoms with Crippen molar-refractivity contribution in [1.82, 2.24) is 10.2 Å². The SMILES string of the molecule is COc1ccc(CNC(=O)CN2CCN(c3ccccc3F)CC2)cc1OC. The first-order valence-corrected chi connectivity index (χ1v) is 9.30. The average molecular weight is 387 g/mol. The van der Waals surface area contributed by atoms with Gasteiger partial charge in [-0.15, -0.1) is 0 Å². The van der Waals surface area contributed by atoms with Crippen molar-refractivity contribution in [2.75, 3.05) is 51.8 Å². The van der Waals surface area contributed by atoms with Crippen molar-refractivity contribution in [1.29, 1.82) is 0 Å². The molecule has 0 spiro atoms. The topological polar surface area (TPSA) is 54.0 Å². The summed E-state index contributed by atoms with van der Waals surface area (Å²) in [6.45, 7) is 3.59. The highest BCUT2D eigenvalue weighted by atomic mass is 19.1. The monoisotopic (exact) mass is 387 g/mol. The number of para-hydroxylation sites is 1. The molecule has 1 aliphatic heterocycles. The van der Waals surface area contributed by atoms with E-state index in [0.717, 1.165) is 18.7 Å². The van der Waals surface area contributed by atoms with Crippen molar-refractivity contribution in [2.24, 2.45) is 0 Å². The Labute approximate surface area is 164 Å². The van der Waals surface area contributed by atoms with Gasteiger partial charge in [0.15, 0.2) is 11.5 Å². The van der Waals surface area contributed by atoms with Crippen LogP contribution in [0.3, 0.4) is 0 Å². The summed E-state index contributed by atoms with van der Waals surface area (Å²) in [5.74, 6) is 1.06. The molecule has 150 valence electrons. The van der Waals surface area contributed by atoms with Crippen LogP contribution < -0.4 is 19.7 Å². The molecule has 2 aromatic carbocycles. The number of ether oxygens (including phenoxy) is 2. The molecule has 0 atom stereocenters. The van der Waals surface area contributed by atoms with Gasteiger partial charge >= 0.3 is 0 Å². The third kappa shape index (κ3) is 4.92. The Kier molecular flexibility index (Phi) is 6.71. The van der Waals surface area contributed by atoms with Crippen LogP contribution in [0.5, 0.6) is 11.5 Å². The number of anilines is 1. The van der Waals surface area contributed by atoms with Crippen LogP contribution in [0.25, 0.3) is 0 Å². The lowest BCUT2D eigenvalue weighted by Gasteiger charge is -2.35. The standard InChI is InChI=1S/C21H26FN3O3/c1-27-19-8-7-16(13-20(19)28-2)14-23-21(26)15-24-9-11-25(12-10-24)18-6-4-3-5-17(18)22/h3-8,13H,9-12,14-15H2,1-2H3,(H,23,26). The molecular formula is C21H26FN3O3. The molecule has 1 amide bonds. The lowest BCUT2D eigenvalue weighted by Crippen LogP contribution is -2.49. The Morgan fingerprint density at radius 2 is 1.75 bits per heavy atom. The molecule has 3 rings (SSSR count). The molecule has 28 heavy (non-hydrogen) atoms. The van der Waals surface area contributed by atoms with E-state index in [1.807, 2.05) is 29.2 Å². The maximum absolute atomic E-state index is 13.9. The molecule has 2 aromatic rings. The number of methoxy groups -OCH3 is 2. The summed E-state index contributed by atoms with van der Waals surface area (Å²) >= 11 is 0. The first kappa shape index (κ1) is 19.9. The minimum atomic E-state index is -0.205. The average Bonchev–Trinajstić information content (AvgIpc) is 2.73. The first-order valence-electron chi connectivity index (χ1n) is 9.30. The maximum Gasteiger partial charge on any atom is 0.234 e. The Balaban J connectivity index is 1.45. The number of hydrogen-bond donors (Lipinski definition) is 1. The number of nitrogens with one attached hydrogen (secondary N) is 1. The molecule has 1 fully saturated rings. The summed E-state index contributed by atoms with van der Waals surface area (Å²) in [4.78, 5) is 16.4. The smallest absolute Gasteiger partial charge is 0.234 e. The Hall–Kier alpha value is -2.80. The zero-order valence-electron chi connectivity index (χ0n) is 16.3. The summed E-state index contributed by atoms with van der Waals surface area (Å²) in [6, 6.07) is 12.4. The highest BCUT2D eigenvalue weighted by Crippen LogP contribution is 2.27. The van der Waals surface area contributed by atoms with Crippen LogP contribution in [0.1, 0.15) is 5.56 Å². The van der Waals surface area contributed by atoms with E-state index >= 15 is 0 Å². The summed E-state index contributed by atoms with van der Waals surface area (Å²) in [5.41, 5.74) is 1.57. The number of hydrogen-bond acceptors (Lipinski definition) is 5. The van der Waals surface area contributed by atoms with E-state index in [2.05, 4.69) is 10.2 Å². The number of piperazine rings is 1. The number of amides is 1. The normalized spacial score (nSPS) is 14.6. The fraction of sp³-hybridized carbons (Fsp3) is 0.381. The van der Waals surface area contributed by atoms with Gasteiger partial charge in [-0.2, -0.15) is 0 Å². The van der Waals surface area contributed by atoms with Crippen LogP contribution in [0.2, 0.25) is 0 Å². The van der Waals surface area contributed by atoms with Gasteiger partial charge in [0, 0.05) is 32.7 Å². The molecule has 0 saturated carbocycles. The van der Waals surface area contributed by atoms with Gasteiger partial charge in [0.05, 0.1) is 26.5 Å². The van der Waals surface area contributed by atoms with Crippen LogP contribution in [0.15, 0.2) is 42.5 Å². The van der Waals surface area contributed by atoms with Gasteiger partial charge in [-0.05, 0) is 29.8 Å². The van der Waals surface area contributed by atoms with Gasteiger partial charge in [0.2, 0.25) is 5.91 Å². The van der Waals surface area contributed by atoms with Crippen molar-refractivity contribution in [3.05, 3.63) is 53.8 Å². The van der Waals surface area contributed by atoms with E-state index in [4.69, 9.17) is 9.47 Å². The van der Waals surface area contributed by atoms with Crippen molar-refractivity contribution in [3.63, 3.8) is 0 Å². The van der Waals surface area contributed by atoms with Crippen molar-refractivity contribution < 1.29 is 18.7 Å². The molecule has 0 radical (unpaired) electrons. The van der Waals surface area contributed by atoms with E-state index in [9.17, 15) is 9.18 Å². The van der Waals surface area contributed by atoms with E-state index in [0.29, 0.717) is 43.4 Å². The van der Waals surface area contributed by atoms with Crippen molar-refractivity contribution in [3.8, 4) is 11.5 Å². The fourth-order valence-electron chi connectivity index (χ4n) is 3.31. The molecule has 0 bridgehead atoms. The molecule has 1 N–H and O–H groups in total. The second kappa shape index (κ2) is 9.41. The van der Waals surface area contributed by atoms with Crippen LogP contribution in [-0.4, -0.2) is 57.8 Å². The predicted octanol–water partition coefficient (Wildman–Crippen LogP) is 2.28. The van der Waals surface area contributed by atoms with Gasteiger partial charge in [0.25, 0.3) is 0 Å². The molecule has 6 nitrogen and oxygen atoms in total. The second-order valence-electron chi connectivity index (χ2n) is 6.68. The van der Waals surface area contributed by atoms with Gasteiger partial charge in [0.1, 0.15) is 5.82 Å². The molecule has 1 saturated heterocycles. The van der Waals surface area contributed by atoms with Gasteiger partial charge in [-0.3, -0.25) is 9.69 Å². The van der Waals surface area contributed by atoms with Crippen LogP contribution in [0, 0.1) is 5.82 Å². The lowest BCUT2D eigenvalue weighted by atomic mass is 10.2. The zero-order valence-corrected chi connectivity index (χ0v) is 16.3. The molecule has 1 aliphatic rings. The third-order valence-electron chi connectivity index (χ3n) is 4.87. The Morgan fingerprint density at radius 3 is 2.43 bits per heavy atom. The minimum absolute atomic E-state index is 0.0332. The molecule has 0 aromatic heterocycles. The van der Waals surface area contributed by atoms with Crippen molar-refractivity contribution >= 4 is 11.6 Å². The molecule has 7 heteroatoms. The summed E-state index contributed by atoms with van der Waals surface area (Å²) in [5, 5.41) is 2.94. The van der Waals surface area contributed by atoms with E-state index in [1.165, 1.54) is 6.07 Å². The number of carbonyl (C=O) groups is 1. The molecular weight excluding hydrogens is 361 g/mol. The first-order chi connectivity index (χ1) is 13.6. The molecule has 0 unspecified atom stereocenters. The summed E-state index contributed by atoms with van der Waals surface area (Å²) < 4.78 is 24.4. The quantitative estimate of drug-likeness (QED) is 0.790. The van der Waals surface area contributed by atoms with Crippen LogP contribution in [-0.2, 0) is 11.3 Å². The van der Waals surface area contributed by atoms with Gasteiger partial charge in [-0.1, -0.05) is 18.2 Å². The number of benzene rings is 2. The Bertz CT molecular complexity index is 807. The second-order valence-corrected chi connectivity index (χ2v) is 6.68. The van der Waals surface area contributed by atoms with Gasteiger partial charge < -0.3 is 19.7 Å². The number of nitrogens with zero attached hydrogens (tertiary/aromatic N) is 2. The highest BCUT2D eigenvalue weighted by molar-refractivity contribution is 5.78. The third-order valence-corrected chi connectivity index (χ3v) is 4.87. The summed E-state index contributed by atoms with van der Waals surface area (Å²) in [7, 11) is 3.17. The predicted molar refractivity (Wildman–Crippen MR) is 106 cm³/mol. The largest absolute Gasteiger partial charge is 0.493 e. The molecule has 0 aliphatic carbocycles. The van der Waals surface area contributed by atoms with Crippen molar-refractivity contribution in [2.45, 2.75) is 6.54 Å². The number of carbonyl (C=O) groups excluding carboxylic acids is 1. The number of rotatable bonds is 7.